The number of aliphatic hydroxyl groups excluding tert-OH is 1. The van der Waals surface area contributed by atoms with Gasteiger partial charge in [0.05, 0.1) is 0 Å². The van der Waals surface area contributed by atoms with Crippen LogP contribution >= 0.6 is 22.7 Å². The molecular formula is C18H16FNO3S2. The van der Waals surface area contributed by atoms with E-state index in [0.29, 0.717) is 5.75 Å². The molecule has 0 saturated carbocycles. The number of benzene rings is 1. The molecule has 0 aliphatic rings. The molecule has 0 fully saturated rings. The Morgan fingerprint density at radius 2 is 2.00 bits per heavy atom. The molecule has 2 heterocycles. The summed E-state index contributed by atoms with van der Waals surface area (Å²) >= 11 is 3.12. The van der Waals surface area contributed by atoms with Crippen molar-refractivity contribution in [2.24, 2.45) is 0 Å². The Bertz CT molecular complexity index is 815. The molecule has 3 aromatic rings. The van der Waals surface area contributed by atoms with E-state index in [1.54, 1.807) is 11.3 Å². The van der Waals surface area contributed by atoms with Crippen molar-refractivity contribution in [1.29, 1.82) is 0 Å². The molecule has 0 spiro atoms. The molecule has 0 aliphatic carbocycles. The second kappa shape index (κ2) is 8.24. The van der Waals surface area contributed by atoms with Crippen LogP contribution in [0.2, 0.25) is 0 Å². The number of rotatable bonds is 7. The minimum absolute atomic E-state index is 0.106. The molecule has 1 unspecified atom stereocenters. The van der Waals surface area contributed by atoms with Crippen LogP contribution in [0.1, 0.15) is 11.0 Å². The van der Waals surface area contributed by atoms with E-state index in [-0.39, 0.29) is 24.9 Å². The average Bonchev–Trinajstić information content (AvgIpc) is 3.30. The third-order valence-corrected chi connectivity index (χ3v) is 5.36. The number of hydrogen-bond acceptors (Lipinski definition) is 5. The summed E-state index contributed by atoms with van der Waals surface area (Å²) in [6, 6.07) is 11.3. The standard InChI is InChI=1S/C18H16FNO3S2/c19-13-1-3-14(4-2-13)23-10-18(22)20-9-15(21)17-6-5-16(25-17)12-7-8-24-11-12/h1-8,11,15,21H,9-10H2,(H,20,22). The molecule has 0 bridgehead atoms. The number of halogens is 1. The Balaban J connectivity index is 1.46. The van der Waals surface area contributed by atoms with Crippen molar-refractivity contribution < 1.29 is 19.0 Å². The van der Waals surface area contributed by atoms with Crippen LogP contribution in [0.3, 0.4) is 0 Å². The Morgan fingerprint density at radius 3 is 2.72 bits per heavy atom. The Morgan fingerprint density at radius 1 is 1.20 bits per heavy atom. The van der Waals surface area contributed by atoms with E-state index in [4.69, 9.17) is 4.74 Å². The number of amides is 1. The first-order valence-corrected chi connectivity index (χ1v) is 9.33. The summed E-state index contributed by atoms with van der Waals surface area (Å²) in [6.07, 6.45) is -0.771. The molecule has 0 saturated heterocycles. The van der Waals surface area contributed by atoms with Gasteiger partial charge >= 0.3 is 0 Å². The van der Waals surface area contributed by atoms with Gasteiger partial charge in [0.15, 0.2) is 6.61 Å². The van der Waals surface area contributed by atoms with E-state index >= 15 is 0 Å². The minimum Gasteiger partial charge on any atom is -0.484 e. The third kappa shape index (κ3) is 4.88. The van der Waals surface area contributed by atoms with Crippen LogP contribution < -0.4 is 10.1 Å². The molecule has 4 nitrogen and oxygen atoms in total. The van der Waals surface area contributed by atoms with Crippen molar-refractivity contribution >= 4 is 28.6 Å². The van der Waals surface area contributed by atoms with Gasteiger partial charge < -0.3 is 15.2 Å². The summed E-state index contributed by atoms with van der Waals surface area (Å²) in [5.41, 5.74) is 1.13. The van der Waals surface area contributed by atoms with Gasteiger partial charge in [-0.2, -0.15) is 11.3 Å². The van der Waals surface area contributed by atoms with Gasteiger partial charge in [-0.15, -0.1) is 11.3 Å². The molecule has 2 aromatic heterocycles. The molecule has 0 radical (unpaired) electrons. The zero-order valence-corrected chi connectivity index (χ0v) is 14.8. The normalized spacial score (nSPS) is 11.9. The number of thiophene rings is 2. The quantitative estimate of drug-likeness (QED) is 0.658. The molecule has 7 heteroatoms. The molecule has 1 amide bonds. The lowest BCUT2D eigenvalue weighted by atomic mass is 10.2. The van der Waals surface area contributed by atoms with E-state index in [2.05, 4.69) is 10.7 Å². The molecular weight excluding hydrogens is 361 g/mol. The number of nitrogens with one attached hydrogen (secondary N) is 1. The fraction of sp³-hybridized carbons (Fsp3) is 0.167. The summed E-state index contributed by atoms with van der Waals surface area (Å²) in [6.45, 7) is -0.0852. The van der Waals surface area contributed by atoms with Gasteiger partial charge in [0.2, 0.25) is 0 Å². The number of hydrogen-bond donors (Lipinski definition) is 2. The van der Waals surface area contributed by atoms with Gasteiger partial charge in [-0.25, -0.2) is 4.39 Å². The van der Waals surface area contributed by atoms with Crippen molar-refractivity contribution in [2.45, 2.75) is 6.10 Å². The highest BCUT2D eigenvalue weighted by Crippen LogP contribution is 2.32. The lowest BCUT2D eigenvalue weighted by Gasteiger charge is -2.11. The van der Waals surface area contributed by atoms with Gasteiger partial charge in [0, 0.05) is 21.9 Å². The van der Waals surface area contributed by atoms with E-state index in [1.807, 2.05) is 23.6 Å². The third-order valence-electron chi connectivity index (χ3n) is 3.44. The lowest BCUT2D eigenvalue weighted by Crippen LogP contribution is -2.32. The number of ether oxygens (including phenoxy) is 1. The lowest BCUT2D eigenvalue weighted by molar-refractivity contribution is -0.123. The SMILES string of the molecule is O=C(COc1ccc(F)cc1)NCC(O)c1ccc(-c2ccsc2)s1. The number of aliphatic hydroxyl groups is 1. The topological polar surface area (TPSA) is 58.6 Å². The second-order valence-electron chi connectivity index (χ2n) is 5.28. The van der Waals surface area contributed by atoms with Crippen LogP contribution in [0, 0.1) is 5.82 Å². The Labute approximate surface area is 152 Å². The summed E-state index contributed by atoms with van der Waals surface area (Å²) in [5, 5.41) is 16.9. The first kappa shape index (κ1) is 17.6. The molecule has 25 heavy (non-hydrogen) atoms. The summed E-state index contributed by atoms with van der Waals surface area (Å²) in [7, 11) is 0. The number of carbonyl (C=O) groups excluding carboxylic acids is 1. The van der Waals surface area contributed by atoms with E-state index in [9.17, 15) is 14.3 Å². The van der Waals surface area contributed by atoms with Crippen LogP contribution in [0.4, 0.5) is 4.39 Å². The molecule has 1 atom stereocenters. The maximum Gasteiger partial charge on any atom is 0.258 e. The molecule has 0 aliphatic heterocycles. The van der Waals surface area contributed by atoms with Crippen molar-refractivity contribution in [2.75, 3.05) is 13.2 Å². The van der Waals surface area contributed by atoms with Gasteiger partial charge in [0.25, 0.3) is 5.91 Å². The van der Waals surface area contributed by atoms with Gasteiger partial charge in [-0.1, -0.05) is 0 Å². The highest BCUT2D eigenvalue weighted by Gasteiger charge is 2.13. The first-order valence-electron chi connectivity index (χ1n) is 7.57. The van der Waals surface area contributed by atoms with Crippen LogP contribution in [0.5, 0.6) is 5.75 Å². The van der Waals surface area contributed by atoms with Crippen molar-refractivity contribution in [1.82, 2.24) is 5.32 Å². The zero-order valence-electron chi connectivity index (χ0n) is 13.1. The highest BCUT2D eigenvalue weighted by atomic mass is 32.1. The largest absolute Gasteiger partial charge is 0.484 e. The van der Waals surface area contributed by atoms with E-state index in [1.165, 1.54) is 35.6 Å². The van der Waals surface area contributed by atoms with Gasteiger partial charge in [0.1, 0.15) is 17.7 Å². The average molecular weight is 377 g/mol. The molecule has 2 N–H and O–H groups in total. The zero-order chi connectivity index (χ0) is 17.6. The van der Waals surface area contributed by atoms with E-state index in [0.717, 1.165) is 15.3 Å². The Kier molecular flexibility index (Phi) is 5.80. The Hall–Kier alpha value is -2.22. The smallest absolute Gasteiger partial charge is 0.258 e. The predicted molar refractivity (Wildman–Crippen MR) is 97.5 cm³/mol. The van der Waals surface area contributed by atoms with Gasteiger partial charge in [-0.05, 0) is 53.2 Å². The van der Waals surface area contributed by atoms with E-state index < -0.39 is 6.10 Å². The minimum atomic E-state index is -0.771. The summed E-state index contributed by atoms with van der Waals surface area (Å²) < 4.78 is 18.0. The second-order valence-corrected chi connectivity index (χ2v) is 7.17. The van der Waals surface area contributed by atoms with Crippen molar-refractivity contribution in [3.63, 3.8) is 0 Å². The van der Waals surface area contributed by atoms with Crippen molar-refractivity contribution in [3.8, 4) is 16.2 Å². The van der Waals surface area contributed by atoms with Crippen LogP contribution in [-0.4, -0.2) is 24.2 Å². The monoisotopic (exact) mass is 377 g/mol. The van der Waals surface area contributed by atoms with Crippen LogP contribution in [0.25, 0.3) is 10.4 Å². The van der Waals surface area contributed by atoms with Crippen molar-refractivity contribution in [3.05, 3.63) is 63.9 Å². The molecule has 1 aromatic carbocycles. The maximum absolute atomic E-state index is 12.8. The van der Waals surface area contributed by atoms with Crippen LogP contribution in [-0.2, 0) is 4.79 Å². The fourth-order valence-electron chi connectivity index (χ4n) is 2.13. The molecule has 3 rings (SSSR count). The first-order chi connectivity index (χ1) is 12.1. The summed E-state index contributed by atoms with van der Waals surface area (Å²) in [4.78, 5) is 13.7. The number of carbonyl (C=O) groups is 1. The predicted octanol–water partition coefficient (Wildman–Crippen LogP) is 3.84. The molecule has 130 valence electrons. The van der Waals surface area contributed by atoms with Gasteiger partial charge in [-0.3, -0.25) is 4.79 Å². The summed E-state index contributed by atoms with van der Waals surface area (Å²) in [5.74, 6) is -0.300. The fourth-order valence-corrected chi connectivity index (χ4v) is 3.85. The maximum atomic E-state index is 12.8. The van der Waals surface area contributed by atoms with Crippen LogP contribution in [0.15, 0.2) is 53.2 Å². The highest BCUT2D eigenvalue weighted by molar-refractivity contribution is 7.16.